The van der Waals surface area contributed by atoms with Crippen molar-refractivity contribution in [3.05, 3.63) is 34.6 Å². The van der Waals surface area contributed by atoms with Crippen molar-refractivity contribution >= 4 is 11.6 Å². The molecule has 0 unspecified atom stereocenters. The van der Waals surface area contributed by atoms with Crippen LogP contribution in [0.2, 0.25) is 5.02 Å². The van der Waals surface area contributed by atoms with Gasteiger partial charge in [-0.15, -0.1) is 0 Å². The molecule has 100 valence electrons. The third kappa shape index (κ3) is 2.05. The van der Waals surface area contributed by atoms with E-state index >= 15 is 0 Å². The SMILES string of the molecule is N#CC1(c2ccc(F)cc2Cl)CC2(CCCCC2)C1. The predicted molar refractivity (Wildman–Crippen MR) is 73.5 cm³/mol. The molecular formula is C16H17ClFN. The van der Waals surface area contributed by atoms with Crippen LogP contribution in [0.1, 0.15) is 50.5 Å². The van der Waals surface area contributed by atoms with E-state index in [0.29, 0.717) is 10.4 Å². The number of hydrogen-bond acceptors (Lipinski definition) is 1. The summed E-state index contributed by atoms with van der Waals surface area (Å²) in [7, 11) is 0. The molecule has 0 aromatic heterocycles. The minimum atomic E-state index is -0.484. The monoisotopic (exact) mass is 277 g/mol. The number of rotatable bonds is 1. The van der Waals surface area contributed by atoms with E-state index in [1.54, 1.807) is 6.07 Å². The molecule has 2 aliphatic carbocycles. The summed E-state index contributed by atoms with van der Waals surface area (Å²) in [4.78, 5) is 0. The van der Waals surface area contributed by atoms with Gasteiger partial charge in [0.1, 0.15) is 5.82 Å². The summed E-state index contributed by atoms with van der Waals surface area (Å²) in [5.74, 6) is -0.339. The number of halogens is 2. The van der Waals surface area contributed by atoms with Crippen LogP contribution in [0.4, 0.5) is 4.39 Å². The van der Waals surface area contributed by atoms with E-state index in [4.69, 9.17) is 11.6 Å². The Morgan fingerprint density at radius 2 is 1.84 bits per heavy atom. The molecule has 1 spiro atoms. The number of nitriles is 1. The molecule has 0 radical (unpaired) electrons. The van der Waals surface area contributed by atoms with E-state index in [2.05, 4.69) is 6.07 Å². The number of hydrogen-bond donors (Lipinski definition) is 0. The average molecular weight is 278 g/mol. The van der Waals surface area contributed by atoms with Gasteiger partial charge in [-0.3, -0.25) is 0 Å². The molecule has 2 fully saturated rings. The lowest BCUT2D eigenvalue weighted by Gasteiger charge is -2.55. The smallest absolute Gasteiger partial charge is 0.124 e. The van der Waals surface area contributed by atoms with Crippen molar-refractivity contribution in [2.75, 3.05) is 0 Å². The average Bonchev–Trinajstić information content (AvgIpc) is 2.37. The van der Waals surface area contributed by atoms with Gasteiger partial charge in [-0.05, 0) is 48.8 Å². The molecule has 2 aliphatic rings. The molecule has 0 saturated heterocycles. The lowest BCUT2D eigenvalue weighted by molar-refractivity contribution is 0.0169. The van der Waals surface area contributed by atoms with Crippen LogP contribution in [-0.2, 0) is 5.41 Å². The lowest BCUT2D eigenvalue weighted by Crippen LogP contribution is -2.49. The van der Waals surface area contributed by atoms with Crippen LogP contribution in [0.15, 0.2) is 18.2 Å². The van der Waals surface area contributed by atoms with Gasteiger partial charge in [0.05, 0.1) is 11.5 Å². The molecular weight excluding hydrogens is 261 g/mol. The Morgan fingerprint density at radius 3 is 2.42 bits per heavy atom. The van der Waals surface area contributed by atoms with E-state index in [0.717, 1.165) is 18.4 Å². The Bertz CT molecular complexity index is 532. The second kappa shape index (κ2) is 4.49. The molecule has 0 aliphatic heterocycles. The second-order valence-corrected chi connectivity index (χ2v) is 6.64. The van der Waals surface area contributed by atoms with Gasteiger partial charge in [0, 0.05) is 5.02 Å². The third-order valence-electron chi connectivity index (χ3n) is 4.93. The molecule has 19 heavy (non-hydrogen) atoms. The fourth-order valence-electron chi connectivity index (χ4n) is 4.09. The minimum absolute atomic E-state index is 0.339. The summed E-state index contributed by atoms with van der Waals surface area (Å²) < 4.78 is 13.1. The summed E-state index contributed by atoms with van der Waals surface area (Å²) in [5, 5.41) is 9.99. The highest BCUT2D eigenvalue weighted by atomic mass is 35.5. The summed E-state index contributed by atoms with van der Waals surface area (Å²) >= 11 is 6.14. The van der Waals surface area contributed by atoms with Gasteiger partial charge >= 0.3 is 0 Å². The predicted octanol–water partition coefficient (Wildman–Crippen LogP) is 4.98. The maximum absolute atomic E-state index is 13.1. The highest BCUT2D eigenvalue weighted by Crippen LogP contribution is 2.62. The normalized spacial score (nSPS) is 23.6. The van der Waals surface area contributed by atoms with Crippen LogP contribution >= 0.6 is 11.6 Å². The Morgan fingerprint density at radius 1 is 1.16 bits per heavy atom. The van der Waals surface area contributed by atoms with Gasteiger partial charge in [0.2, 0.25) is 0 Å². The van der Waals surface area contributed by atoms with Gasteiger partial charge < -0.3 is 0 Å². The van der Waals surface area contributed by atoms with Gasteiger partial charge in [-0.2, -0.15) is 5.26 Å². The number of benzene rings is 1. The Balaban J connectivity index is 1.89. The van der Waals surface area contributed by atoms with Gasteiger partial charge in [0.15, 0.2) is 0 Å². The molecule has 0 amide bonds. The van der Waals surface area contributed by atoms with Crippen molar-refractivity contribution in [3.8, 4) is 6.07 Å². The van der Waals surface area contributed by atoms with Gasteiger partial charge in [-0.1, -0.05) is 36.9 Å². The van der Waals surface area contributed by atoms with Crippen molar-refractivity contribution in [1.29, 1.82) is 5.26 Å². The summed E-state index contributed by atoms with van der Waals surface area (Å²) in [5.41, 5.74) is 0.683. The topological polar surface area (TPSA) is 23.8 Å². The van der Waals surface area contributed by atoms with E-state index in [1.165, 1.54) is 44.2 Å². The molecule has 1 aromatic carbocycles. The van der Waals surface area contributed by atoms with E-state index in [9.17, 15) is 9.65 Å². The highest BCUT2D eigenvalue weighted by Gasteiger charge is 2.56. The first kappa shape index (κ1) is 12.9. The first-order valence-electron chi connectivity index (χ1n) is 6.96. The zero-order valence-corrected chi connectivity index (χ0v) is 11.6. The van der Waals surface area contributed by atoms with Crippen LogP contribution in [-0.4, -0.2) is 0 Å². The Labute approximate surface area is 118 Å². The van der Waals surface area contributed by atoms with Gasteiger partial charge in [-0.25, -0.2) is 4.39 Å². The molecule has 2 saturated carbocycles. The molecule has 3 rings (SSSR count). The molecule has 0 atom stereocenters. The van der Waals surface area contributed by atoms with E-state index in [-0.39, 0.29) is 5.82 Å². The molecule has 0 heterocycles. The summed E-state index contributed by atoms with van der Waals surface area (Å²) in [6.07, 6.45) is 8.12. The Hall–Kier alpha value is -1.07. The van der Waals surface area contributed by atoms with Crippen molar-refractivity contribution in [2.45, 2.75) is 50.4 Å². The molecule has 1 nitrogen and oxygen atoms in total. The van der Waals surface area contributed by atoms with Crippen LogP contribution < -0.4 is 0 Å². The Kier molecular flexibility index (Phi) is 3.06. The van der Waals surface area contributed by atoms with Crippen molar-refractivity contribution in [1.82, 2.24) is 0 Å². The van der Waals surface area contributed by atoms with Crippen LogP contribution in [0.3, 0.4) is 0 Å². The number of nitrogens with zero attached hydrogens (tertiary/aromatic N) is 1. The first-order chi connectivity index (χ1) is 9.09. The zero-order chi connectivity index (χ0) is 13.5. The van der Waals surface area contributed by atoms with Crippen molar-refractivity contribution in [3.63, 3.8) is 0 Å². The second-order valence-electron chi connectivity index (χ2n) is 6.23. The summed E-state index contributed by atoms with van der Waals surface area (Å²) in [6.45, 7) is 0. The molecule has 0 N–H and O–H groups in total. The fourth-order valence-corrected chi connectivity index (χ4v) is 4.44. The lowest BCUT2D eigenvalue weighted by atomic mass is 9.47. The molecule has 1 aromatic rings. The molecule has 0 bridgehead atoms. The zero-order valence-electron chi connectivity index (χ0n) is 10.9. The largest absolute Gasteiger partial charge is 0.207 e. The quantitative estimate of drug-likeness (QED) is 0.710. The third-order valence-corrected chi connectivity index (χ3v) is 5.24. The van der Waals surface area contributed by atoms with Gasteiger partial charge in [0.25, 0.3) is 0 Å². The van der Waals surface area contributed by atoms with Crippen LogP contribution in [0.25, 0.3) is 0 Å². The summed E-state index contributed by atoms with van der Waals surface area (Å²) in [6, 6.07) is 6.88. The van der Waals surface area contributed by atoms with Crippen molar-refractivity contribution < 1.29 is 4.39 Å². The maximum atomic E-state index is 13.1. The minimum Gasteiger partial charge on any atom is -0.207 e. The first-order valence-corrected chi connectivity index (χ1v) is 7.34. The molecule has 3 heteroatoms. The van der Waals surface area contributed by atoms with Crippen LogP contribution in [0.5, 0.6) is 0 Å². The highest BCUT2D eigenvalue weighted by molar-refractivity contribution is 6.31. The van der Waals surface area contributed by atoms with E-state index in [1.807, 2.05) is 0 Å². The standard InChI is InChI=1S/C16H17ClFN/c17-14-8-12(18)4-5-13(14)16(11-19)9-15(10-16)6-2-1-3-7-15/h4-5,8H,1-3,6-7,9-10H2. The van der Waals surface area contributed by atoms with E-state index < -0.39 is 5.41 Å². The van der Waals surface area contributed by atoms with Crippen LogP contribution in [0, 0.1) is 22.6 Å². The fraction of sp³-hybridized carbons (Fsp3) is 0.562. The maximum Gasteiger partial charge on any atom is 0.124 e. The van der Waals surface area contributed by atoms with Crippen molar-refractivity contribution in [2.24, 2.45) is 5.41 Å².